The van der Waals surface area contributed by atoms with Crippen LogP contribution < -0.4 is 0 Å². The molecule has 0 N–H and O–H groups in total. The molecule has 1 rings (SSSR count). The Kier molecular flexibility index (Phi) is 4.27. The molecule has 1 aliphatic heterocycles. The van der Waals surface area contributed by atoms with Gasteiger partial charge in [-0.15, -0.1) is 0 Å². The molecule has 0 spiro atoms. The van der Waals surface area contributed by atoms with Gasteiger partial charge >= 0.3 is 5.97 Å². The Balaban J connectivity index is 2.41. The van der Waals surface area contributed by atoms with Crippen LogP contribution in [0, 0.1) is 5.92 Å². The second-order valence-electron chi connectivity index (χ2n) is 4.09. The van der Waals surface area contributed by atoms with Gasteiger partial charge in [-0.25, -0.2) is 0 Å². The summed E-state index contributed by atoms with van der Waals surface area (Å²) in [6, 6.07) is 0. The standard InChI is InChI=1S/C11H18O4/c1-7(12)6-9-4-5-10(15-9)8(2)11(13)14-3/h8-10H,4-6H2,1-3H3/t8?,9-,10?/m0/s1. The zero-order valence-corrected chi connectivity index (χ0v) is 9.49. The molecule has 0 bridgehead atoms. The van der Waals surface area contributed by atoms with Crippen molar-refractivity contribution in [1.82, 2.24) is 0 Å². The van der Waals surface area contributed by atoms with E-state index >= 15 is 0 Å². The van der Waals surface area contributed by atoms with Crippen molar-refractivity contribution in [1.29, 1.82) is 0 Å². The summed E-state index contributed by atoms with van der Waals surface area (Å²) in [5.41, 5.74) is 0. The summed E-state index contributed by atoms with van der Waals surface area (Å²) in [5.74, 6) is -0.359. The second kappa shape index (κ2) is 5.26. The number of methoxy groups -OCH3 is 1. The van der Waals surface area contributed by atoms with Gasteiger partial charge in [0.2, 0.25) is 0 Å². The Labute approximate surface area is 89.9 Å². The molecule has 0 aromatic rings. The van der Waals surface area contributed by atoms with Crippen molar-refractivity contribution in [2.75, 3.05) is 7.11 Å². The van der Waals surface area contributed by atoms with Crippen LogP contribution in [0.2, 0.25) is 0 Å². The molecule has 1 aliphatic rings. The number of rotatable bonds is 4. The van der Waals surface area contributed by atoms with Crippen molar-refractivity contribution >= 4 is 11.8 Å². The molecule has 4 nitrogen and oxygen atoms in total. The van der Waals surface area contributed by atoms with E-state index in [0.29, 0.717) is 6.42 Å². The van der Waals surface area contributed by atoms with E-state index in [1.54, 1.807) is 13.8 Å². The normalized spacial score (nSPS) is 27.4. The quantitative estimate of drug-likeness (QED) is 0.662. The van der Waals surface area contributed by atoms with Gasteiger partial charge in [-0.2, -0.15) is 0 Å². The smallest absolute Gasteiger partial charge is 0.311 e. The highest BCUT2D eigenvalue weighted by molar-refractivity contribution is 5.76. The number of esters is 1. The summed E-state index contributed by atoms with van der Waals surface area (Å²) >= 11 is 0. The van der Waals surface area contributed by atoms with Crippen LogP contribution in [0.4, 0.5) is 0 Å². The first kappa shape index (κ1) is 12.2. The minimum absolute atomic E-state index is 0.0143. The zero-order valence-electron chi connectivity index (χ0n) is 9.49. The molecule has 86 valence electrons. The highest BCUT2D eigenvalue weighted by Crippen LogP contribution is 2.27. The summed E-state index contributed by atoms with van der Waals surface area (Å²) < 4.78 is 10.3. The van der Waals surface area contributed by atoms with Crippen LogP contribution in [0.15, 0.2) is 0 Å². The maximum Gasteiger partial charge on any atom is 0.311 e. The number of ketones is 1. The predicted molar refractivity (Wildman–Crippen MR) is 54.4 cm³/mol. The van der Waals surface area contributed by atoms with E-state index in [0.717, 1.165) is 12.8 Å². The van der Waals surface area contributed by atoms with Crippen LogP contribution >= 0.6 is 0 Å². The van der Waals surface area contributed by atoms with Crippen molar-refractivity contribution < 1.29 is 19.1 Å². The third kappa shape index (κ3) is 3.30. The number of carbonyl (C=O) groups is 2. The topological polar surface area (TPSA) is 52.6 Å². The Morgan fingerprint density at radius 1 is 1.47 bits per heavy atom. The summed E-state index contributed by atoms with van der Waals surface area (Å²) in [4.78, 5) is 22.2. The van der Waals surface area contributed by atoms with Gasteiger partial charge in [-0.1, -0.05) is 0 Å². The highest BCUT2D eigenvalue weighted by atomic mass is 16.5. The lowest BCUT2D eigenvalue weighted by Gasteiger charge is -2.17. The van der Waals surface area contributed by atoms with E-state index in [1.807, 2.05) is 0 Å². The van der Waals surface area contributed by atoms with Gasteiger partial charge in [0.05, 0.1) is 25.2 Å². The third-order valence-corrected chi connectivity index (χ3v) is 2.79. The lowest BCUT2D eigenvalue weighted by molar-refractivity contribution is -0.149. The van der Waals surface area contributed by atoms with Crippen LogP contribution in [0.1, 0.15) is 33.1 Å². The molecule has 1 heterocycles. The molecule has 1 saturated heterocycles. The first-order chi connectivity index (χ1) is 7.04. The Morgan fingerprint density at radius 3 is 2.67 bits per heavy atom. The fraction of sp³-hybridized carbons (Fsp3) is 0.818. The van der Waals surface area contributed by atoms with Crippen molar-refractivity contribution in [3.8, 4) is 0 Å². The molecule has 1 fully saturated rings. The molecule has 0 aromatic heterocycles. The van der Waals surface area contributed by atoms with Crippen molar-refractivity contribution in [2.24, 2.45) is 5.92 Å². The number of Topliss-reactive ketones (excluding diaryl/α,β-unsaturated/α-hetero) is 1. The maximum atomic E-state index is 11.3. The SMILES string of the molecule is COC(=O)C(C)C1CC[C@@H](CC(C)=O)O1. The minimum Gasteiger partial charge on any atom is -0.469 e. The van der Waals surface area contributed by atoms with Gasteiger partial charge in [0.1, 0.15) is 5.78 Å². The van der Waals surface area contributed by atoms with Gasteiger partial charge in [-0.3, -0.25) is 9.59 Å². The van der Waals surface area contributed by atoms with Gasteiger partial charge < -0.3 is 9.47 Å². The van der Waals surface area contributed by atoms with Gasteiger partial charge in [-0.05, 0) is 26.7 Å². The van der Waals surface area contributed by atoms with Crippen LogP contribution in [0.5, 0.6) is 0 Å². The average molecular weight is 214 g/mol. The lowest BCUT2D eigenvalue weighted by atomic mass is 10.0. The first-order valence-corrected chi connectivity index (χ1v) is 5.27. The summed E-state index contributed by atoms with van der Waals surface area (Å²) in [5, 5.41) is 0. The van der Waals surface area contributed by atoms with Crippen LogP contribution in [0.25, 0.3) is 0 Å². The summed E-state index contributed by atoms with van der Waals surface area (Å²) in [6.45, 7) is 3.35. The van der Waals surface area contributed by atoms with Crippen LogP contribution in [-0.2, 0) is 19.1 Å². The molecule has 4 heteroatoms. The summed E-state index contributed by atoms with van der Waals surface area (Å²) in [7, 11) is 1.38. The number of carbonyl (C=O) groups excluding carboxylic acids is 2. The van der Waals surface area contributed by atoms with Crippen molar-refractivity contribution in [2.45, 2.75) is 45.3 Å². The van der Waals surface area contributed by atoms with E-state index in [9.17, 15) is 9.59 Å². The monoisotopic (exact) mass is 214 g/mol. The highest BCUT2D eigenvalue weighted by Gasteiger charge is 2.33. The maximum absolute atomic E-state index is 11.3. The lowest BCUT2D eigenvalue weighted by Crippen LogP contribution is -2.27. The Bertz CT molecular complexity index is 249. The Hall–Kier alpha value is -0.900. The predicted octanol–water partition coefficient (Wildman–Crippen LogP) is 1.32. The molecule has 3 atom stereocenters. The van der Waals surface area contributed by atoms with Crippen LogP contribution in [0.3, 0.4) is 0 Å². The molecule has 0 amide bonds. The van der Waals surface area contributed by atoms with Gasteiger partial charge in [0.15, 0.2) is 0 Å². The Morgan fingerprint density at radius 2 is 2.13 bits per heavy atom. The minimum atomic E-state index is -0.247. The van der Waals surface area contributed by atoms with E-state index in [4.69, 9.17) is 4.74 Å². The van der Waals surface area contributed by atoms with Gasteiger partial charge in [0, 0.05) is 6.42 Å². The van der Waals surface area contributed by atoms with Crippen molar-refractivity contribution in [3.63, 3.8) is 0 Å². The van der Waals surface area contributed by atoms with Crippen molar-refractivity contribution in [3.05, 3.63) is 0 Å². The molecular weight excluding hydrogens is 196 g/mol. The number of ether oxygens (including phenoxy) is 2. The fourth-order valence-electron chi connectivity index (χ4n) is 1.91. The number of hydrogen-bond donors (Lipinski definition) is 0. The van der Waals surface area contributed by atoms with E-state index in [-0.39, 0.29) is 29.9 Å². The summed E-state index contributed by atoms with van der Waals surface area (Å²) in [6.07, 6.45) is 2.02. The molecule has 0 aliphatic carbocycles. The molecule has 0 radical (unpaired) electrons. The molecule has 15 heavy (non-hydrogen) atoms. The second-order valence-corrected chi connectivity index (χ2v) is 4.09. The van der Waals surface area contributed by atoms with E-state index in [1.165, 1.54) is 7.11 Å². The largest absolute Gasteiger partial charge is 0.469 e. The average Bonchev–Trinajstić information content (AvgIpc) is 2.63. The molecule has 0 saturated carbocycles. The fourth-order valence-corrected chi connectivity index (χ4v) is 1.91. The first-order valence-electron chi connectivity index (χ1n) is 5.27. The molecule has 0 aromatic carbocycles. The van der Waals surface area contributed by atoms with E-state index in [2.05, 4.69) is 4.74 Å². The zero-order chi connectivity index (χ0) is 11.4. The molecule has 2 unspecified atom stereocenters. The third-order valence-electron chi connectivity index (χ3n) is 2.79. The van der Waals surface area contributed by atoms with Crippen LogP contribution in [-0.4, -0.2) is 31.1 Å². The van der Waals surface area contributed by atoms with E-state index < -0.39 is 0 Å². The van der Waals surface area contributed by atoms with Gasteiger partial charge in [0.25, 0.3) is 0 Å². The number of hydrogen-bond acceptors (Lipinski definition) is 4. The molecular formula is C11H18O4.